The van der Waals surface area contributed by atoms with Crippen LogP contribution in [0.4, 0.5) is 4.39 Å². The number of benzene rings is 2. The monoisotopic (exact) mass is 259 g/mol. The highest BCUT2D eigenvalue weighted by molar-refractivity contribution is 5.98. The Kier molecular flexibility index (Phi) is 3.92. The number of phenolic OH excluding ortho intramolecular Hbond substituents is 1. The number of hydrogen-bond acceptors (Lipinski definition) is 2. The summed E-state index contributed by atoms with van der Waals surface area (Å²) in [7, 11) is 0. The Hall–Kier alpha value is -2.20. The fourth-order valence-corrected chi connectivity index (χ4v) is 2.01. The fourth-order valence-electron chi connectivity index (χ4n) is 2.01. The molecule has 0 aliphatic heterocycles. The van der Waals surface area contributed by atoms with Crippen LogP contribution in [0.2, 0.25) is 0 Å². The van der Waals surface area contributed by atoms with Crippen LogP contribution in [0.25, 0.3) is 0 Å². The zero-order valence-electron chi connectivity index (χ0n) is 10.4. The first-order chi connectivity index (χ1) is 9.09. The number of rotatable bonds is 4. The first kappa shape index (κ1) is 13.2. The van der Waals surface area contributed by atoms with Crippen molar-refractivity contribution in [3.8, 4) is 5.75 Å². The molecule has 2 aromatic rings. The Balaban J connectivity index is 2.16. The highest BCUT2D eigenvalue weighted by Gasteiger charge is 2.18. The fraction of sp³-hybridized carbons (Fsp3) is 0.133. The maximum Gasteiger partial charge on any atom is 0.132 e. The van der Waals surface area contributed by atoms with Crippen molar-refractivity contribution in [3.05, 3.63) is 65.5 Å². The molecule has 1 unspecified atom stereocenters. The molecule has 0 fully saturated rings. The number of quaternary nitrogens is 1. The van der Waals surface area contributed by atoms with Gasteiger partial charge in [0.05, 0.1) is 5.56 Å². The van der Waals surface area contributed by atoms with E-state index < -0.39 is 5.82 Å². The first-order valence-corrected chi connectivity index (χ1v) is 6.03. The lowest BCUT2D eigenvalue weighted by Crippen LogP contribution is -2.54. The Labute approximate surface area is 111 Å². The number of nitrogens with one attached hydrogen (secondary N) is 1. The van der Waals surface area contributed by atoms with Crippen LogP contribution in [0.1, 0.15) is 23.6 Å². The molecule has 4 heteroatoms. The van der Waals surface area contributed by atoms with Gasteiger partial charge >= 0.3 is 0 Å². The first-order valence-electron chi connectivity index (χ1n) is 6.03. The molecule has 98 valence electrons. The summed E-state index contributed by atoms with van der Waals surface area (Å²) in [5.41, 5.74) is 5.08. The van der Waals surface area contributed by atoms with Crippen molar-refractivity contribution in [2.24, 2.45) is 0 Å². The van der Waals surface area contributed by atoms with Gasteiger partial charge in [0.2, 0.25) is 0 Å². The molecule has 2 rings (SSSR count). The normalized spacial score (nSPS) is 12.1. The second-order valence-corrected chi connectivity index (χ2v) is 4.42. The minimum atomic E-state index is -0.406. The van der Waals surface area contributed by atoms with Crippen molar-refractivity contribution >= 4 is 5.71 Å². The average molecular weight is 259 g/mol. The van der Waals surface area contributed by atoms with Crippen molar-refractivity contribution in [2.75, 3.05) is 0 Å². The summed E-state index contributed by atoms with van der Waals surface area (Å²) in [4.78, 5) is 0. The number of halogens is 1. The smallest absolute Gasteiger partial charge is 0.132 e. The molecule has 0 aromatic heterocycles. The lowest BCUT2D eigenvalue weighted by molar-refractivity contribution is -0.424. The molecular formula is C15H16FN2O+. The molecule has 0 radical (unpaired) electrons. The van der Waals surface area contributed by atoms with Crippen LogP contribution in [0.3, 0.4) is 0 Å². The van der Waals surface area contributed by atoms with Gasteiger partial charge < -0.3 is 16.2 Å². The van der Waals surface area contributed by atoms with Gasteiger partial charge in [0.25, 0.3) is 0 Å². The zero-order valence-corrected chi connectivity index (χ0v) is 10.4. The molecule has 0 saturated carbocycles. The standard InChI is InChI=1S/C15H15FN2O/c16-12-7-3-1-5-10(12)13(17)9-14(18)11-6-2-4-8-15(11)19/h1-8,14,17,19H,9,18H2/p+1. The molecule has 0 aliphatic carbocycles. The van der Waals surface area contributed by atoms with Gasteiger partial charge in [-0.05, 0) is 18.2 Å². The molecule has 5 N–H and O–H groups in total. The van der Waals surface area contributed by atoms with E-state index in [0.717, 1.165) is 0 Å². The summed E-state index contributed by atoms with van der Waals surface area (Å²) < 4.78 is 13.6. The molecule has 0 saturated heterocycles. The SMILES string of the molecule is N=C(CC([NH3+])c1ccccc1O)c1ccccc1F. The highest BCUT2D eigenvalue weighted by Crippen LogP contribution is 2.24. The van der Waals surface area contributed by atoms with Crippen molar-refractivity contribution in [2.45, 2.75) is 12.5 Å². The van der Waals surface area contributed by atoms with E-state index >= 15 is 0 Å². The molecule has 1 atom stereocenters. The van der Waals surface area contributed by atoms with Crippen LogP contribution in [0.5, 0.6) is 5.75 Å². The second kappa shape index (κ2) is 5.63. The maximum atomic E-state index is 13.6. The molecule has 19 heavy (non-hydrogen) atoms. The van der Waals surface area contributed by atoms with Gasteiger partial charge in [-0.1, -0.05) is 30.3 Å². The summed E-state index contributed by atoms with van der Waals surface area (Å²) >= 11 is 0. The predicted octanol–water partition coefficient (Wildman–Crippen LogP) is 2.27. The van der Waals surface area contributed by atoms with Gasteiger partial charge in [-0.3, -0.25) is 0 Å². The lowest BCUT2D eigenvalue weighted by Gasteiger charge is -2.12. The number of phenols is 1. The summed E-state index contributed by atoms with van der Waals surface area (Å²) in [6.07, 6.45) is 0.276. The third-order valence-corrected chi connectivity index (χ3v) is 3.03. The van der Waals surface area contributed by atoms with Crippen LogP contribution in [0.15, 0.2) is 48.5 Å². The van der Waals surface area contributed by atoms with Crippen LogP contribution in [0, 0.1) is 11.2 Å². The summed E-state index contributed by atoms with van der Waals surface area (Å²) in [6.45, 7) is 0. The summed E-state index contributed by atoms with van der Waals surface area (Å²) in [5, 5.41) is 17.7. The molecule has 0 heterocycles. The van der Waals surface area contributed by atoms with Crippen LogP contribution in [-0.4, -0.2) is 10.8 Å². The third-order valence-electron chi connectivity index (χ3n) is 3.03. The highest BCUT2D eigenvalue weighted by atomic mass is 19.1. The van der Waals surface area contributed by atoms with Crippen LogP contribution in [-0.2, 0) is 0 Å². The molecule has 0 spiro atoms. The van der Waals surface area contributed by atoms with E-state index in [1.165, 1.54) is 6.07 Å². The zero-order chi connectivity index (χ0) is 13.8. The van der Waals surface area contributed by atoms with Gasteiger partial charge in [-0.15, -0.1) is 0 Å². The Bertz CT molecular complexity index is 598. The van der Waals surface area contributed by atoms with Crippen molar-refractivity contribution < 1.29 is 15.2 Å². The minimum absolute atomic E-state index is 0.156. The van der Waals surface area contributed by atoms with Gasteiger partial charge in [0.1, 0.15) is 17.6 Å². The van der Waals surface area contributed by atoms with Crippen molar-refractivity contribution in [1.82, 2.24) is 0 Å². The van der Waals surface area contributed by atoms with E-state index in [0.29, 0.717) is 5.56 Å². The van der Waals surface area contributed by atoms with E-state index in [1.807, 2.05) is 0 Å². The topological polar surface area (TPSA) is 71.7 Å². The van der Waals surface area contributed by atoms with Gasteiger partial charge in [0, 0.05) is 17.7 Å². The van der Waals surface area contributed by atoms with Crippen LogP contribution < -0.4 is 5.73 Å². The van der Waals surface area contributed by atoms with E-state index in [9.17, 15) is 9.50 Å². The predicted molar refractivity (Wildman–Crippen MR) is 71.6 cm³/mol. The van der Waals surface area contributed by atoms with E-state index in [4.69, 9.17) is 5.41 Å². The lowest BCUT2D eigenvalue weighted by atomic mass is 9.97. The van der Waals surface area contributed by atoms with Gasteiger partial charge in [0.15, 0.2) is 0 Å². The van der Waals surface area contributed by atoms with Crippen LogP contribution >= 0.6 is 0 Å². The van der Waals surface area contributed by atoms with Crippen molar-refractivity contribution in [3.63, 3.8) is 0 Å². The molecule has 3 nitrogen and oxygen atoms in total. The summed E-state index contributed by atoms with van der Waals surface area (Å²) in [5.74, 6) is -0.249. The Morgan fingerprint density at radius 3 is 2.47 bits per heavy atom. The molecule has 0 bridgehead atoms. The number of para-hydroxylation sites is 1. The second-order valence-electron chi connectivity index (χ2n) is 4.42. The Morgan fingerprint density at radius 1 is 1.16 bits per heavy atom. The molecule has 0 aliphatic rings. The quantitative estimate of drug-likeness (QED) is 0.724. The Morgan fingerprint density at radius 2 is 1.79 bits per heavy atom. The molecule has 2 aromatic carbocycles. The maximum absolute atomic E-state index is 13.6. The number of aromatic hydroxyl groups is 1. The third kappa shape index (κ3) is 2.98. The average Bonchev–Trinajstić information content (AvgIpc) is 2.39. The number of hydrogen-bond donors (Lipinski definition) is 3. The van der Waals surface area contributed by atoms with E-state index in [2.05, 4.69) is 5.73 Å². The summed E-state index contributed by atoms with van der Waals surface area (Å²) in [6, 6.07) is 12.8. The molecular weight excluding hydrogens is 243 g/mol. The van der Waals surface area contributed by atoms with Gasteiger partial charge in [-0.25, -0.2) is 4.39 Å². The van der Waals surface area contributed by atoms with E-state index in [1.54, 1.807) is 42.5 Å². The largest absolute Gasteiger partial charge is 0.507 e. The molecule has 0 amide bonds. The van der Waals surface area contributed by atoms with Gasteiger partial charge in [-0.2, -0.15) is 0 Å². The minimum Gasteiger partial charge on any atom is -0.507 e. The van der Waals surface area contributed by atoms with Crippen molar-refractivity contribution in [1.29, 1.82) is 5.41 Å². The van der Waals surface area contributed by atoms with E-state index in [-0.39, 0.29) is 29.5 Å².